The molecular formula is C25H25N3O4S. The van der Waals surface area contributed by atoms with Gasteiger partial charge in [-0.05, 0) is 36.4 Å². The smallest absolute Gasteiger partial charge is 0.196 e. The maximum atomic E-state index is 5.86. The molecule has 0 bridgehead atoms. The Morgan fingerprint density at radius 3 is 2.18 bits per heavy atom. The van der Waals surface area contributed by atoms with Gasteiger partial charge in [-0.2, -0.15) is 0 Å². The number of ether oxygens (including phenoxy) is 4. The Bertz CT molecular complexity index is 1180. The van der Waals surface area contributed by atoms with E-state index in [9.17, 15) is 0 Å². The highest BCUT2D eigenvalue weighted by molar-refractivity contribution is 7.99. The third-order valence-electron chi connectivity index (χ3n) is 4.93. The van der Waals surface area contributed by atoms with Crippen LogP contribution in [0.2, 0.25) is 0 Å². The first-order chi connectivity index (χ1) is 16.2. The molecule has 0 unspecified atom stereocenters. The lowest BCUT2D eigenvalue weighted by Crippen LogP contribution is -2.04. The number of hydrogen-bond donors (Lipinski definition) is 0. The minimum Gasteiger partial charge on any atom is -0.497 e. The van der Waals surface area contributed by atoms with Crippen molar-refractivity contribution in [1.29, 1.82) is 0 Å². The second kappa shape index (κ2) is 10.8. The van der Waals surface area contributed by atoms with Gasteiger partial charge in [-0.1, -0.05) is 42.1 Å². The fourth-order valence-electron chi connectivity index (χ4n) is 3.30. The van der Waals surface area contributed by atoms with Gasteiger partial charge in [0.05, 0.1) is 33.6 Å². The zero-order valence-corrected chi connectivity index (χ0v) is 19.5. The summed E-state index contributed by atoms with van der Waals surface area (Å²) in [6, 6.07) is 23.3. The number of methoxy groups -OCH3 is 3. The van der Waals surface area contributed by atoms with E-state index in [1.165, 1.54) is 0 Å². The van der Waals surface area contributed by atoms with Crippen LogP contribution in [0.4, 0.5) is 0 Å². The second-order valence-electron chi connectivity index (χ2n) is 6.92. The van der Waals surface area contributed by atoms with E-state index >= 15 is 0 Å². The molecule has 0 spiro atoms. The largest absolute Gasteiger partial charge is 0.497 e. The molecule has 0 fully saturated rings. The summed E-state index contributed by atoms with van der Waals surface area (Å²) in [5, 5.41) is 9.71. The van der Waals surface area contributed by atoms with Crippen LogP contribution in [0.25, 0.3) is 17.1 Å². The fraction of sp³-hybridized carbons (Fsp3) is 0.200. The Kier molecular flexibility index (Phi) is 7.36. The van der Waals surface area contributed by atoms with Crippen molar-refractivity contribution in [1.82, 2.24) is 14.8 Å². The van der Waals surface area contributed by atoms with Crippen LogP contribution in [-0.4, -0.2) is 48.5 Å². The summed E-state index contributed by atoms with van der Waals surface area (Å²) in [6.45, 7) is 0.524. The van der Waals surface area contributed by atoms with Crippen molar-refractivity contribution in [2.45, 2.75) is 5.16 Å². The summed E-state index contributed by atoms with van der Waals surface area (Å²) in [6.07, 6.45) is 0. The summed E-state index contributed by atoms with van der Waals surface area (Å²) in [4.78, 5) is 0. The molecule has 8 heteroatoms. The SMILES string of the molecule is COc1ccc(OCCSc2nnc(-c3ccccc3)n2-c2ccc(OC)c(OC)c2)cc1. The molecule has 0 aliphatic rings. The minimum atomic E-state index is 0.524. The summed E-state index contributed by atoms with van der Waals surface area (Å²) in [5.74, 6) is 4.35. The molecule has 170 valence electrons. The van der Waals surface area contributed by atoms with Crippen LogP contribution in [0.1, 0.15) is 0 Å². The van der Waals surface area contributed by atoms with Crippen molar-refractivity contribution in [3.63, 3.8) is 0 Å². The van der Waals surface area contributed by atoms with Crippen LogP contribution >= 0.6 is 11.8 Å². The first-order valence-corrected chi connectivity index (χ1v) is 11.3. The van der Waals surface area contributed by atoms with Gasteiger partial charge in [-0.3, -0.25) is 4.57 Å². The highest BCUT2D eigenvalue weighted by atomic mass is 32.2. The standard InChI is InChI=1S/C25H25N3O4S/c1-29-20-10-12-21(13-11-20)32-15-16-33-25-27-26-24(18-7-5-4-6-8-18)28(25)19-9-14-22(30-2)23(17-19)31-3/h4-14,17H,15-16H2,1-3H3. The predicted octanol–water partition coefficient (Wildman–Crippen LogP) is 5.13. The molecular weight excluding hydrogens is 438 g/mol. The lowest BCUT2D eigenvalue weighted by atomic mass is 10.2. The molecule has 0 aliphatic heterocycles. The minimum absolute atomic E-state index is 0.524. The van der Waals surface area contributed by atoms with E-state index in [1.54, 1.807) is 33.1 Å². The fourth-order valence-corrected chi connectivity index (χ4v) is 4.07. The monoisotopic (exact) mass is 463 g/mol. The van der Waals surface area contributed by atoms with Crippen LogP contribution in [0.5, 0.6) is 23.0 Å². The van der Waals surface area contributed by atoms with Crippen LogP contribution in [0.3, 0.4) is 0 Å². The molecule has 0 amide bonds. The molecule has 1 aromatic heterocycles. The first kappa shape index (κ1) is 22.5. The van der Waals surface area contributed by atoms with E-state index in [1.807, 2.05) is 77.4 Å². The summed E-state index contributed by atoms with van der Waals surface area (Å²) < 4.78 is 24.0. The highest BCUT2D eigenvalue weighted by Gasteiger charge is 2.17. The number of hydrogen-bond acceptors (Lipinski definition) is 7. The topological polar surface area (TPSA) is 67.6 Å². The third-order valence-corrected chi connectivity index (χ3v) is 5.83. The Hall–Kier alpha value is -3.65. The molecule has 0 aliphatic carbocycles. The van der Waals surface area contributed by atoms with Crippen molar-refractivity contribution in [2.75, 3.05) is 33.7 Å². The number of rotatable bonds is 10. The molecule has 4 rings (SSSR count). The Morgan fingerprint density at radius 1 is 0.758 bits per heavy atom. The molecule has 33 heavy (non-hydrogen) atoms. The lowest BCUT2D eigenvalue weighted by molar-refractivity contribution is 0.342. The van der Waals surface area contributed by atoms with Crippen molar-refractivity contribution in [3.05, 3.63) is 72.8 Å². The molecule has 0 N–H and O–H groups in total. The van der Waals surface area contributed by atoms with E-state index in [0.29, 0.717) is 23.9 Å². The van der Waals surface area contributed by atoms with Crippen molar-refractivity contribution >= 4 is 11.8 Å². The molecule has 0 radical (unpaired) electrons. The second-order valence-corrected chi connectivity index (χ2v) is 7.98. The third kappa shape index (κ3) is 5.23. The number of thioether (sulfide) groups is 1. The van der Waals surface area contributed by atoms with Crippen LogP contribution < -0.4 is 18.9 Å². The van der Waals surface area contributed by atoms with E-state index in [4.69, 9.17) is 18.9 Å². The molecule has 0 atom stereocenters. The van der Waals surface area contributed by atoms with Gasteiger partial charge in [0.25, 0.3) is 0 Å². The van der Waals surface area contributed by atoms with Crippen LogP contribution in [0, 0.1) is 0 Å². The molecule has 0 saturated carbocycles. The van der Waals surface area contributed by atoms with Crippen LogP contribution in [-0.2, 0) is 0 Å². The van der Waals surface area contributed by atoms with Gasteiger partial charge in [0.2, 0.25) is 0 Å². The van der Waals surface area contributed by atoms with Gasteiger partial charge in [0, 0.05) is 17.4 Å². The van der Waals surface area contributed by atoms with E-state index in [-0.39, 0.29) is 0 Å². The normalized spacial score (nSPS) is 10.6. The number of nitrogens with zero attached hydrogens (tertiary/aromatic N) is 3. The molecule has 0 saturated heterocycles. The van der Waals surface area contributed by atoms with Gasteiger partial charge >= 0.3 is 0 Å². The van der Waals surface area contributed by atoms with Gasteiger partial charge in [0.15, 0.2) is 22.5 Å². The molecule has 1 heterocycles. The quantitative estimate of drug-likeness (QED) is 0.239. The van der Waals surface area contributed by atoms with Crippen LogP contribution in [0.15, 0.2) is 78.0 Å². The molecule has 4 aromatic rings. The average molecular weight is 464 g/mol. The first-order valence-electron chi connectivity index (χ1n) is 10.4. The Morgan fingerprint density at radius 2 is 1.48 bits per heavy atom. The van der Waals surface area contributed by atoms with Gasteiger partial charge in [-0.15, -0.1) is 10.2 Å². The van der Waals surface area contributed by atoms with Gasteiger partial charge in [0.1, 0.15) is 11.5 Å². The average Bonchev–Trinajstić information content (AvgIpc) is 3.31. The zero-order valence-electron chi connectivity index (χ0n) is 18.7. The summed E-state index contributed by atoms with van der Waals surface area (Å²) in [7, 11) is 4.89. The Labute approximate surface area is 197 Å². The zero-order chi connectivity index (χ0) is 23.0. The van der Waals surface area contributed by atoms with Gasteiger partial charge < -0.3 is 18.9 Å². The van der Waals surface area contributed by atoms with Crippen molar-refractivity contribution in [2.24, 2.45) is 0 Å². The molecule has 7 nitrogen and oxygen atoms in total. The van der Waals surface area contributed by atoms with Crippen molar-refractivity contribution < 1.29 is 18.9 Å². The Balaban J connectivity index is 1.57. The maximum absolute atomic E-state index is 5.86. The number of aromatic nitrogens is 3. The lowest BCUT2D eigenvalue weighted by Gasteiger charge is -2.14. The highest BCUT2D eigenvalue weighted by Crippen LogP contribution is 2.33. The van der Waals surface area contributed by atoms with Crippen molar-refractivity contribution in [3.8, 4) is 40.1 Å². The summed E-state index contributed by atoms with van der Waals surface area (Å²) in [5.41, 5.74) is 1.86. The predicted molar refractivity (Wildman–Crippen MR) is 129 cm³/mol. The van der Waals surface area contributed by atoms with E-state index in [2.05, 4.69) is 10.2 Å². The summed E-state index contributed by atoms with van der Waals surface area (Å²) >= 11 is 1.58. The molecule has 3 aromatic carbocycles. The maximum Gasteiger partial charge on any atom is 0.196 e. The van der Waals surface area contributed by atoms with E-state index in [0.717, 1.165) is 33.7 Å². The van der Waals surface area contributed by atoms with Gasteiger partial charge in [-0.25, -0.2) is 0 Å². The van der Waals surface area contributed by atoms with E-state index < -0.39 is 0 Å². The number of benzene rings is 3.